The quantitative estimate of drug-likeness (QED) is 0.789. The molecule has 0 fully saturated rings. The number of benzene rings is 1. The Labute approximate surface area is 100 Å². The lowest BCUT2D eigenvalue weighted by atomic mass is 10.1. The van der Waals surface area contributed by atoms with Crippen LogP contribution in [0.15, 0.2) is 42.7 Å². The number of hydrogen-bond donors (Lipinski definition) is 1. The average Bonchev–Trinajstić information content (AvgIpc) is 2.78. The first-order valence-electron chi connectivity index (χ1n) is 5.15. The Morgan fingerprint density at radius 1 is 1.31 bits per heavy atom. The molecule has 1 N–H and O–H groups in total. The molecule has 2 rings (SSSR count). The Hall–Kier alpha value is -1.19. The van der Waals surface area contributed by atoms with Gasteiger partial charge in [-0.3, -0.25) is 0 Å². The van der Waals surface area contributed by atoms with Crippen molar-refractivity contribution in [1.82, 2.24) is 10.2 Å². The molecule has 85 valence electrons. The zero-order valence-corrected chi connectivity index (χ0v) is 9.52. The SMILES string of the molecule is [O-]C(CCl)CN1C=CN[C]1c1ccccc1. The highest BCUT2D eigenvalue weighted by atomic mass is 35.5. The number of halogens is 1. The highest BCUT2D eigenvalue weighted by Gasteiger charge is 2.21. The molecule has 1 aliphatic heterocycles. The van der Waals surface area contributed by atoms with E-state index in [2.05, 4.69) is 5.32 Å². The summed E-state index contributed by atoms with van der Waals surface area (Å²) in [6, 6.07) is 9.91. The Morgan fingerprint density at radius 2 is 2.06 bits per heavy atom. The van der Waals surface area contributed by atoms with Crippen molar-refractivity contribution >= 4 is 11.6 Å². The minimum absolute atomic E-state index is 0.131. The summed E-state index contributed by atoms with van der Waals surface area (Å²) in [5.74, 6) is 0.131. The van der Waals surface area contributed by atoms with Crippen molar-refractivity contribution < 1.29 is 5.11 Å². The Bertz CT molecular complexity index is 355. The number of nitrogens with zero attached hydrogens (tertiary/aromatic N) is 1. The van der Waals surface area contributed by atoms with Gasteiger partial charge >= 0.3 is 0 Å². The molecule has 0 saturated carbocycles. The van der Waals surface area contributed by atoms with E-state index in [1.165, 1.54) is 0 Å². The van der Waals surface area contributed by atoms with Gasteiger partial charge in [0.1, 0.15) is 0 Å². The third-order valence-electron chi connectivity index (χ3n) is 2.38. The second-order valence-electron chi connectivity index (χ2n) is 3.60. The third kappa shape index (κ3) is 2.49. The molecule has 16 heavy (non-hydrogen) atoms. The predicted octanol–water partition coefficient (Wildman–Crippen LogP) is 0.868. The molecule has 1 unspecified atom stereocenters. The molecular weight excluding hydrogens is 224 g/mol. The number of nitrogens with one attached hydrogen (secondary N) is 1. The summed E-state index contributed by atoms with van der Waals surface area (Å²) in [6.07, 6.45) is 3.85. The van der Waals surface area contributed by atoms with Gasteiger partial charge in [-0.05, 0) is 0 Å². The summed E-state index contributed by atoms with van der Waals surface area (Å²) in [5.41, 5.74) is 1.06. The van der Waals surface area contributed by atoms with Crippen LogP contribution in [0.25, 0.3) is 0 Å². The zero-order chi connectivity index (χ0) is 11.4. The smallest absolute Gasteiger partial charge is 0.184 e. The van der Waals surface area contributed by atoms with Gasteiger partial charge in [0.05, 0.1) is 0 Å². The van der Waals surface area contributed by atoms with Crippen LogP contribution in [0, 0.1) is 6.17 Å². The third-order valence-corrected chi connectivity index (χ3v) is 2.73. The fourth-order valence-corrected chi connectivity index (χ4v) is 1.73. The monoisotopic (exact) mass is 236 g/mol. The maximum atomic E-state index is 11.4. The van der Waals surface area contributed by atoms with E-state index in [4.69, 9.17) is 11.6 Å². The van der Waals surface area contributed by atoms with Crippen LogP contribution in [-0.4, -0.2) is 23.4 Å². The van der Waals surface area contributed by atoms with Gasteiger partial charge in [0, 0.05) is 30.4 Å². The number of rotatable bonds is 4. The fraction of sp³-hybridized carbons (Fsp3) is 0.250. The summed E-state index contributed by atoms with van der Waals surface area (Å²) in [6.45, 7) is 0.386. The molecule has 1 aromatic rings. The van der Waals surface area contributed by atoms with Crippen molar-refractivity contribution in [3.8, 4) is 0 Å². The molecule has 1 heterocycles. The van der Waals surface area contributed by atoms with Crippen LogP contribution in [0.1, 0.15) is 5.56 Å². The summed E-state index contributed by atoms with van der Waals surface area (Å²) in [4.78, 5) is 1.90. The first-order chi connectivity index (χ1) is 7.81. The molecule has 1 aromatic carbocycles. The van der Waals surface area contributed by atoms with Crippen LogP contribution in [0.5, 0.6) is 0 Å². The van der Waals surface area contributed by atoms with E-state index in [-0.39, 0.29) is 5.88 Å². The van der Waals surface area contributed by atoms with Gasteiger partial charge in [-0.25, -0.2) is 0 Å². The van der Waals surface area contributed by atoms with Crippen molar-refractivity contribution in [3.05, 3.63) is 54.5 Å². The van der Waals surface area contributed by atoms with Gasteiger partial charge in [-0.15, -0.1) is 11.6 Å². The summed E-state index contributed by atoms with van der Waals surface area (Å²) in [5, 5.41) is 14.5. The van der Waals surface area contributed by atoms with E-state index in [0.29, 0.717) is 6.54 Å². The lowest BCUT2D eigenvalue weighted by Crippen LogP contribution is -2.41. The largest absolute Gasteiger partial charge is 0.850 e. The summed E-state index contributed by atoms with van der Waals surface area (Å²) < 4.78 is 0. The lowest BCUT2D eigenvalue weighted by molar-refractivity contribution is -0.413. The first kappa shape index (κ1) is 11.3. The maximum Gasteiger partial charge on any atom is 0.184 e. The molecule has 0 spiro atoms. The minimum atomic E-state index is -0.773. The van der Waals surface area contributed by atoms with Crippen LogP contribution in [0.3, 0.4) is 0 Å². The van der Waals surface area contributed by atoms with E-state index >= 15 is 0 Å². The van der Waals surface area contributed by atoms with Crippen molar-refractivity contribution in [2.75, 3.05) is 12.4 Å². The van der Waals surface area contributed by atoms with Crippen LogP contribution in [-0.2, 0) is 0 Å². The van der Waals surface area contributed by atoms with E-state index in [1.54, 1.807) is 0 Å². The lowest BCUT2D eigenvalue weighted by Gasteiger charge is -2.30. The predicted molar refractivity (Wildman–Crippen MR) is 62.3 cm³/mol. The van der Waals surface area contributed by atoms with E-state index in [0.717, 1.165) is 11.7 Å². The molecule has 3 nitrogen and oxygen atoms in total. The van der Waals surface area contributed by atoms with Crippen molar-refractivity contribution in [2.24, 2.45) is 0 Å². The molecule has 4 heteroatoms. The average molecular weight is 237 g/mol. The van der Waals surface area contributed by atoms with Crippen molar-refractivity contribution in [3.63, 3.8) is 0 Å². The second-order valence-corrected chi connectivity index (χ2v) is 3.91. The van der Waals surface area contributed by atoms with E-state index < -0.39 is 6.10 Å². The van der Waals surface area contributed by atoms with Gasteiger partial charge < -0.3 is 15.3 Å². The van der Waals surface area contributed by atoms with Crippen LogP contribution >= 0.6 is 11.6 Å². The molecule has 1 radical (unpaired) electrons. The molecule has 0 bridgehead atoms. The molecular formula is C12H13ClN2O-. The fourth-order valence-electron chi connectivity index (χ4n) is 1.63. The molecule has 1 aliphatic rings. The highest BCUT2D eigenvalue weighted by Crippen LogP contribution is 2.20. The molecule has 0 aliphatic carbocycles. The minimum Gasteiger partial charge on any atom is -0.850 e. The molecule has 0 amide bonds. The Morgan fingerprint density at radius 3 is 2.75 bits per heavy atom. The van der Waals surface area contributed by atoms with E-state index in [1.807, 2.05) is 47.6 Å². The molecule has 0 aromatic heterocycles. The highest BCUT2D eigenvalue weighted by molar-refractivity contribution is 6.18. The maximum absolute atomic E-state index is 11.4. The van der Waals surface area contributed by atoms with Gasteiger partial charge in [-0.1, -0.05) is 36.4 Å². The Kier molecular flexibility index (Phi) is 3.70. The standard InChI is InChI=1S/C12H13ClN2O/c13-8-11(16)9-15-7-6-14-12(15)10-4-2-1-3-5-10/h1-7,11,14H,8-9H2/q-1. The topological polar surface area (TPSA) is 38.3 Å². The number of alkyl halides is 1. The van der Waals surface area contributed by atoms with Crippen molar-refractivity contribution in [2.45, 2.75) is 6.10 Å². The van der Waals surface area contributed by atoms with Crippen LogP contribution in [0.2, 0.25) is 0 Å². The van der Waals surface area contributed by atoms with Crippen molar-refractivity contribution in [1.29, 1.82) is 0 Å². The van der Waals surface area contributed by atoms with Gasteiger partial charge in [0.15, 0.2) is 6.17 Å². The normalized spacial score (nSPS) is 17.5. The molecule has 1 atom stereocenters. The molecule has 0 saturated heterocycles. The Balaban J connectivity index is 2.05. The van der Waals surface area contributed by atoms with Gasteiger partial charge in [-0.2, -0.15) is 0 Å². The zero-order valence-electron chi connectivity index (χ0n) is 8.77. The van der Waals surface area contributed by atoms with Gasteiger partial charge in [0.2, 0.25) is 0 Å². The van der Waals surface area contributed by atoms with E-state index in [9.17, 15) is 5.11 Å². The van der Waals surface area contributed by atoms with Gasteiger partial charge in [0.25, 0.3) is 0 Å². The summed E-state index contributed by atoms with van der Waals surface area (Å²) >= 11 is 5.53. The summed E-state index contributed by atoms with van der Waals surface area (Å²) in [7, 11) is 0. The first-order valence-corrected chi connectivity index (χ1v) is 5.68. The van der Waals surface area contributed by atoms with Crippen LogP contribution in [0.4, 0.5) is 0 Å². The number of hydrogen-bond acceptors (Lipinski definition) is 3. The second kappa shape index (κ2) is 5.23. The van der Waals surface area contributed by atoms with Crippen LogP contribution < -0.4 is 10.4 Å².